The van der Waals surface area contributed by atoms with E-state index in [0.29, 0.717) is 18.6 Å². The molecule has 2 aliphatic rings. The Morgan fingerprint density at radius 1 is 1.20 bits per heavy atom. The summed E-state index contributed by atoms with van der Waals surface area (Å²) in [6, 6.07) is 8.13. The smallest absolute Gasteiger partial charge is 0.315 e. The number of aliphatic imine (C=N–C) groups is 1. The fourth-order valence-electron chi connectivity index (χ4n) is 4.50. The molecule has 0 amide bonds. The van der Waals surface area contributed by atoms with E-state index in [1.807, 2.05) is 50.2 Å². The molecule has 0 saturated heterocycles. The Hall–Kier alpha value is -2.43. The van der Waals surface area contributed by atoms with Crippen LogP contribution in [-0.2, 0) is 14.3 Å². The van der Waals surface area contributed by atoms with Gasteiger partial charge in [-0.25, -0.2) is 0 Å². The SMILES string of the molecule is CCCCOC(=O)C1C(C)=NC2=C(C(=O)CC(C)(C)C2)[C@@H]1c1ccc(N(C)C)cc1. The first-order valence-electron chi connectivity index (χ1n) is 10.9. The van der Waals surface area contributed by atoms with Crippen molar-refractivity contribution >= 4 is 23.2 Å². The molecule has 5 heteroatoms. The molecule has 1 aromatic rings. The number of benzene rings is 1. The fourth-order valence-corrected chi connectivity index (χ4v) is 4.50. The van der Waals surface area contributed by atoms with Crippen molar-refractivity contribution < 1.29 is 14.3 Å². The van der Waals surface area contributed by atoms with Crippen molar-refractivity contribution in [3.63, 3.8) is 0 Å². The van der Waals surface area contributed by atoms with Gasteiger partial charge in [-0.15, -0.1) is 0 Å². The summed E-state index contributed by atoms with van der Waals surface area (Å²) in [5.41, 5.74) is 4.21. The molecule has 5 nitrogen and oxygen atoms in total. The van der Waals surface area contributed by atoms with E-state index < -0.39 is 5.92 Å². The molecule has 0 N–H and O–H groups in total. The van der Waals surface area contributed by atoms with Gasteiger partial charge in [0.1, 0.15) is 5.92 Å². The lowest BCUT2D eigenvalue weighted by Crippen LogP contribution is -2.39. The number of ketones is 1. The molecule has 0 bridgehead atoms. The van der Waals surface area contributed by atoms with E-state index in [1.165, 1.54) is 0 Å². The number of hydrogen-bond donors (Lipinski definition) is 0. The monoisotopic (exact) mass is 410 g/mol. The lowest BCUT2D eigenvalue weighted by Gasteiger charge is -2.39. The van der Waals surface area contributed by atoms with Crippen LogP contribution in [0.2, 0.25) is 0 Å². The molecule has 2 atom stereocenters. The van der Waals surface area contributed by atoms with Crippen LogP contribution in [0.5, 0.6) is 0 Å². The lowest BCUT2D eigenvalue weighted by atomic mass is 9.67. The Balaban J connectivity index is 2.06. The molecule has 1 unspecified atom stereocenters. The Bertz CT molecular complexity index is 878. The van der Waals surface area contributed by atoms with Gasteiger partial charge in [0.15, 0.2) is 5.78 Å². The zero-order valence-corrected chi connectivity index (χ0v) is 19.1. The molecule has 1 heterocycles. The number of rotatable bonds is 6. The summed E-state index contributed by atoms with van der Waals surface area (Å²) in [6.45, 7) is 8.56. The summed E-state index contributed by atoms with van der Waals surface area (Å²) in [5.74, 6) is -1.08. The Morgan fingerprint density at radius 3 is 2.47 bits per heavy atom. The Morgan fingerprint density at radius 2 is 1.87 bits per heavy atom. The van der Waals surface area contributed by atoms with Crippen LogP contribution in [-0.4, -0.2) is 38.2 Å². The highest BCUT2D eigenvalue weighted by Crippen LogP contribution is 2.48. The predicted molar refractivity (Wildman–Crippen MR) is 121 cm³/mol. The average Bonchev–Trinajstić information content (AvgIpc) is 2.66. The number of hydrogen-bond acceptors (Lipinski definition) is 5. The second kappa shape index (κ2) is 8.75. The van der Waals surface area contributed by atoms with Crippen LogP contribution in [0.25, 0.3) is 0 Å². The van der Waals surface area contributed by atoms with Gasteiger partial charge in [-0.3, -0.25) is 14.6 Å². The molecule has 0 aromatic heterocycles. The zero-order valence-electron chi connectivity index (χ0n) is 19.1. The van der Waals surface area contributed by atoms with E-state index in [1.54, 1.807) is 0 Å². The maximum atomic E-state index is 13.3. The van der Waals surface area contributed by atoms with E-state index in [4.69, 9.17) is 9.73 Å². The topological polar surface area (TPSA) is 59.0 Å². The molecule has 0 fully saturated rings. The van der Waals surface area contributed by atoms with Crippen molar-refractivity contribution in [1.29, 1.82) is 0 Å². The maximum Gasteiger partial charge on any atom is 0.315 e. The molecule has 1 aliphatic carbocycles. The minimum absolute atomic E-state index is 0.102. The van der Waals surface area contributed by atoms with Gasteiger partial charge in [0.2, 0.25) is 0 Å². The van der Waals surface area contributed by atoms with E-state index >= 15 is 0 Å². The fraction of sp³-hybridized carbons (Fsp3) is 0.560. The van der Waals surface area contributed by atoms with Crippen molar-refractivity contribution in [3.05, 3.63) is 41.1 Å². The summed E-state index contributed by atoms with van der Waals surface area (Å²) in [6.07, 6.45) is 3.01. The van der Waals surface area contributed by atoms with Crippen LogP contribution in [0.4, 0.5) is 5.69 Å². The van der Waals surface area contributed by atoms with Gasteiger partial charge in [-0.1, -0.05) is 39.3 Å². The van der Waals surface area contributed by atoms with Crippen molar-refractivity contribution in [1.82, 2.24) is 0 Å². The quantitative estimate of drug-likeness (QED) is 0.494. The number of carbonyl (C=O) groups is 2. The number of carbonyl (C=O) groups excluding carboxylic acids is 2. The first-order valence-corrected chi connectivity index (χ1v) is 10.9. The molecule has 0 radical (unpaired) electrons. The minimum Gasteiger partial charge on any atom is -0.465 e. The number of ether oxygens (including phenoxy) is 1. The van der Waals surface area contributed by atoms with Crippen LogP contribution >= 0.6 is 0 Å². The molecule has 30 heavy (non-hydrogen) atoms. The summed E-state index contributed by atoms with van der Waals surface area (Å²) in [7, 11) is 3.99. The van der Waals surface area contributed by atoms with Crippen molar-refractivity contribution in [3.8, 4) is 0 Å². The summed E-state index contributed by atoms with van der Waals surface area (Å²) < 4.78 is 5.60. The largest absolute Gasteiger partial charge is 0.465 e. The van der Waals surface area contributed by atoms with Crippen molar-refractivity contribution in [2.75, 3.05) is 25.6 Å². The third-order valence-electron chi connectivity index (χ3n) is 6.07. The number of nitrogens with zero attached hydrogens (tertiary/aromatic N) is 2. The first-order chi connectivity index (χ1) is 14.1. The van der Waals surface area contributed by atoms with Gasteiger partial charge in [0.25, 0.3) is 0 Å². The second-order valence-electron chi connectivity index (χ2n) is 9.52. The van der Waals surface area contributed by atoms with Gasteiger partial charge in [0.05, 0.1) is 6.61 Å². The van der Waals surface area contributed by atoms with E-state index in [-0.39, 0.29) is 23.1 Å². The maximum absolute atomic E-state index is 13.3. The van der Waals surface area contributed by atoms with E-state index in [0.717, 1.165) is 41.9 Å². The van der Waals surface area contributed by atoms with Crippen LogP contribution in [0, 0.1) is 11.3 Å². The summed E-state index contributed by atoms with van der Waals surface area (Å²) in [4.78, 5) is 33.2. The molecule has 0 spiro atoms. The Kier molecular flexibility index (Phi) is 6.49. The van der Waals surface area contributed by atoms with Gasteiger partial charge < -0.3 is 9.64 Å². The third kappa shape index (κ3) is 4.50. The minimum atomic E-state index is -0.559. The standard InChI is InChI=1S/C25H34N2O3/c1-7-8-13-30-24(29)21-16(2)26-19-14-25(3,4)15-20(28)23(19)22(21)17-9-11-18(12-10-17)27(5)6/h9-12,21-22H,7-8,13-15H2,1-6H3/t21?,22-/m1/s1. The van der Waals surface area contributed by atoms with Gasteiger partial charge in [-0.2, -0.15) is 0 Å². The number of allylic oxidation sites excluding steroid dienone is 2. The average molecular weight is 411 g/mol. The zero-order chi connectivity index (χ0) is 22.1. The molecule has 3 rings (SSSR count). The van der Waals surface area contributed by atoms with Crippen LogP contribution in [0.15, 0.2) is 40.5 Å². The number of unbranched alkanes of at least 4 members (excludes halogenated alkanes) is 1. The third-order valence-corrected chi connectivity index (χ3v) is 6.07. The molecular formula is C25H34N2O3. The summed E-state index contributed by atoms with van der Waals surface area (Å²) >= 11 is 0. The lowest BCUT2D eigenvalue weighted by molar-refractivity contribution is -0.146. The number of esters is 1. The van der Waals surface area contributed by atoms with E-state index in [2.05, 4.69) is 20.8 Å². The van der Waals surface area contributed by atoms with Gasteiger partial charge in [0, 0.05) is 49.1 Å². The normalized spacial score (nSPS) is 23.0. The number of Topliss-reactive ketones (excluding diaryl/α,β-unsaturated/α-hetero) is 1. The first kappa shape index (κ1) is 22.3. The highest BCUT2D eigenvalue weighted by molar-refractivity contribution is 6.09. The highest BCUT2D eigenvalue weighted by atomic mass is 16.5. The number of anilines is 1. The molecular weight excluding hydrogens is 376 g/mol. The van der Waals surface area contributed by atoms with Crippen molar-refractivity contribution in [2.24, 2.45) is 16.3 Å². The molecule has 0 saturated carbocycles. The van der Waals surface area contributed by atoms with Gasteiger partial charge in [-0.05, 0) is 42.9 Å². The molecule has 1 aromatic carbocycles. The molecule has 162 valence electrons. The van der Waals surface area contributed by atoms with Gasteiger partial charge >= 0.3 is 5.97 Å². The Labute approximate surface area is 180 Å². The van der Waals surface area contributed by atoms with Crippen LogP contribution in [0.3, 0.4) is 0 Å². The van der Waals surface area contributed by atoms with Crippen molar-refractivity contribution in [2.45, 2.75) is 59.3 Å². The van der Waals surface area contributed by atoms with Crippen LogP contribution in [0.1, 0.15) is 64.9 Å². The van der Waals surface area contributed by atoms with Crippen LogP contribution < -0.4 is 4.90 Å². The van der Waals surface area contributed by atoms with E-state index in [9.17, 15) is 9.59 Å². The predicted octanol–water partition coefficient (Wildman–Crippen LogP) is 4.91. The summed E-state index contributed by atoms with van der Waals surface area (Å²) in [5, 5.41) is 0. The molecule has 1 aliphatic heterocycles. The second-order valence-corrected chi connectivity index (χ2v) is 9.52. The highest BCUT2D eigenvalue weighted by Gasteiger charge is 2.45.